The van der Waals surface area contributed by atoms with Crippen molar-refractivity contribution in [1.82, 2.24) is 9.62 Å². The highest BCUT2D eigenvalue weighted by molar-refractivity contribution is 7.89. The third-order valence-electron chi connectivity index (χ3n) is 3.66. The molecule has 0 radical (unpaired) electrons. The lowest BCUT2D eigenvalue weighted by atomic mass is 9.99. The normalized spacial score (nSPS) is 21.7. The van der Waals surface area contributed by atoms with Crippen LogP contribution >= 0.6 is 0 Å². The molecular formula is C15H20N2O5S. The molecule has 1 aliphatic rings. The van der Waals surface area contributed by atoms with Gasteiger partial charge in [-0.3, -0.25) is 9.59 Å². The fourth-order valence-electron chi connectivity index (χ4n) is 2.54. The molecular weight excluding hydrogens is 320 g/mol. The number of aryl methyl sites for hydroxylation is 1. The van der Waals surface area contributed by atoms with Crippen LogP contribution in [0.1, 0.15) is 25.8 Å². The first-order valence-corrected chi connectivity index (χ1v) is 8.59. The van der Waals surface area contributed by atoms with Crippen molar-refractivity contribution in [3.63, 3.8) is 0 Å². The van der Waals surface area contributed by atoms with Crippen molar-refractivity contribution >= 4 is 21.9 Å². The number of carboxylic acids is 1. The second-order valence-electron chi connectivity index (χ2n) is 6.35. The first-order chi connectivity index (χ1) is 10.5. The third kappa shape index (κ3) is 3.70. The highest BCUT2D eigenvalue weighted by Gasteiger charge is 2.45. The van der Waals surface area contributed by atoms with Crippen molar-refractivity contribution < 1.29 is 23.1 Å². The largest absolute Gasteiger partial charge is 0.481 e. The van der Waals surface area contributed by atoms with E-state index < -0.39 is 39.9 Å². The van der Waals surface area contributed by atoms with Gasteiger partial charge in [0.1, 0.15) is 6.04 Å². The lowest BCUT2D eigenvalue weighted by Crippen LogP contribution is -2.66. The number of carbonyl (C=O) groups excluding carboxylic acids is 1. The molecule has 1 amide bonds. The van der Waals surface area contributed by atoms with Crippen molar-refractivity contribution in [3.8, 4) is 0 Å². The van der Waals surface area contributed by atoms with Gasteiger partial charge in [-0.05, 0) is 32.9 Å². The van der Waals surface area contributed by atoms with Crippen molar-refractivity contribution in [1.29, 1.82) is 0 Å². The number of carbonyl (C=O) groups is 2. The zero-order valence-electron chi connectivity index (χ0n) is 13.2. The molecule has 1 heterocycles. The number of hydrogen-bond donors (Lipinski definition) is 2. The zero-order chi connectivity index (χ0) is 17.4. The monoisotopic (exact) mass is 340 g/mol. The van der Waals surface area contributed by atoms with E-state index in [2.05, 4.69) is 5.32 Å². The number of carboxylic acid groups (broad SMARTS) is 1. The standard InChI is InChI=1S/C15H20N2O5S/c1-10-4-6-11(7-5-10)23(21,22)17-9-15(2,3)16-14(20)12(17)8-13(18)19/h4-7,12H,8-9H2,1-3H3,(H,16,20)(H,18,19)/t12-/m1/s1. The summed E-state index contributed by atoms with van der Waals surface area (Å²) in [4.78, 5) is 23.3. The van der Waals surface area contributed by atoms with Crippen molar-refractivity contribution in [2.45, 2.75) is 43.7 Å². The number of rotatable bonds is 4. The Labute approximate surface area is 135 Å². The smallest absolute Gasteiger partial charge is 0.305 e. The number of piperazine rings is 1. The summed E-state index contributed by atoms with van der Waals surface area (Å²) in [5.74, 6) is -1.83. The second-order valence-corrected chi connectivity index (χ2v) is 8.24. The second kappa shape index (κ2) is 5.93. The van der Waals surface area contributed by atoms with Crippen LogP contribution in [0.2, 0.25) is 0 Å². The van der Waals surface area contributed by atoms with Crippen LogP contribution in [0.4, 0.5) is 0 Å². The van der Waals surface area contributed by atoms with Crippen LogP contribution in [-0.2, 0) is 19.6 Å². The topological polar surface area (TPSA) is 104 Å². The Morgan fingerprint density at radius 1 is 1.35 bits per heavy atom. The van der Waals surface area contributed by atoms with Crippen LogP contribution in [-0.4, -0.2) is 47.8 Å². The molecule has 0 unspecified atom stereocenters. The van der Waals surface area contributed by atoms with Crippen LogP contribution in [0.5, 0.6) is 0 Å². The minimum Gasteiger partial charge on any atom is -0.481 e. The van der Waals surface area contributed by atoms with E-state index in [0.717, 1.165) is 9.87 Å². The lowest BCUT2D eigenvalue weighted by molar-refractivity contribution is -0.142. The Hall–Kier alpha value is -1.93. The van der Waals surface area contributed by atoms with Gasteiger partial charge in [0.05, 0.1) is 11.3 Å². The highest BCUT2D eigenvalue weighted by atomic mass is 32.2. The molecule has 1 aliphatic heterocycles. The molecule has 0 saturated carbocycles. The van der Waals surface area contributed by atoms with Gasteiger partial charge >= 0.3 is 5.97 Å². The van der Waals surface area contributed by atoms with E-state index in [4.69, 9.17) is 5.11 Å². The Morgan fingerprint density at radius 3 is 2.43 bits per heavy atom. The molecule has 0 aliphatic carbocycles. The van der Waals surface area contributed by atoms with Gasteiger partial charge in [0.15, 0.2) is 0 Å². The summed E-state index contributed by atoms with van der Waals surface area (Å²) >= 11 is 0. The van der Waals surface area contributed by atoms with E-state index in [0.29, 0.717) is 0 Å². The summed E-state index contributed by atoms with van der Waals surface area (Å²) in [6.45, 7) is 5.23. The summed E-state index contributed by atoms with van der Waals surface area (Å²) in [6, 6.07) is 4.98. The predicted molar refractivity (Wildman–Crippen MR) is 83.3 cm³/mol. The van der Waals surface area contributed by atoms with Crippen LogP contribution < -0.4 is 5.32 Å². The number of hydrogen-bond acceptors (Lipinski definition) is 4. The average Bonchev–Trinajstić information content (AvgIpc) is 2.41. The van der Waals surface area contributed by atoms with Crippen LogP contribution in [0.25, 0.3) is 0 Å². The molecule has 23 heavy (non-hydrogen) atoms. The minimum absolute atomic E-state index is 0.00684. The predicted octanol–water partition coefficient (Wildman–Crippen LogP) is 0.737. The Morgan fingerprint density at radius 2 is 1.91 bits per heavy atom. The van der Waals surface area contributed by atoms with Gasteiger partial charge in [-0.15, -0.1) is 0 Å². The van der Waals surface area contributed by atoms with E-state index in [1.54, 1.807) is 26.0 Å². The van der Waals surface area contributed by atoms with Gasteiger partial charge in [-0.2, -0.15) is 4.31 Å². The minimum atomic E-state index is -3.97. The molecule has 1 fully saturated rings. The number of aliphatic carboxylic acids is 1. The fourth-order valence-corrected chi connectivity index (χ4v) is 4.29. The lowest BCUT2D eigenvalue weighted by Gasteiger charge is -2.42. The Balaban J connectivity index is 2.47. The van der Waals surface area contributed by atoms with Crippen molar-refractivity contribution in [2.75, 3.05) is 6.54 Å². The molecule has 1 atom stereocenters. The van der Waals surface area contributed by atoms with Crippen molar-refractivity contribution in [2.24, 2.45) is 0 Å². The molecule has 0 bridgehead atoms. The number of nitrogens with zero attached hydrogens (tertiary/aromatic N) is 1. The Kier molecular flexibility index (Phi) is 4.50. The van der Waals surface area contributed by atoms with Gasteiger partial charge in [0, 0.05) is 12.1 Å². The van der Waals surface area contributed by atoms with E-state index in [1.807, 2.05) is 6.92 Å². The quantitative estimate of drug-likeness (QED) is 0.841. The van der Waals surface area contributed by atoms with Gasteiger partial charge in [-0.1, -0.05) is 17.7 Å². The molecule has 126 valence electrons. The third-order valence-corrected chi connectivity index (χ3v) is 5.53. The maximum absolute atomic E-state index is 12.9. The summed E-state index contributed by atoms with van der Waals surface area (Å²) in [5, 5.41) is 11.7. The fraction of sp³-hybridized carbons (Fsp3) is 0.467. The molecule has 0 spiro atoms. The van der Waals surface area contributed by atoms with Gasteiger partial charge in [0.25, 0.3) is 0 Å². The SMILES string of the molecule is Cc1ccc(S(=O)(=O)N2CC(C)(C)NC(=O)[C@H]2CC(=O)O)cc1. The van der Waals surface area contributed by atoms with E-state index >= 15 is 0 Å². The van der Waals surface area contributed by atoms with Gasteiger partial charge < -0.3 is 10.4 Å². The number of benzene rings is 1. The summed E-state index contributed by atoms with van der Waals surface area (Å²) < 4.78 is 26.7. The summed E-state index contributed by atoms with van der Waals surface area (Å²) in [7, 11) is -3.97. The number of amides is 1. The summed E-state index contributed by atoms with van der Waals surface area (Å²) in [6.07, 6.45) is -0.576. The van der Waals surface area contributed by atoms with Crippen LogP contribution in [0.15, 0.2) is 29.2 Å². The zero-order valence-corrected chi connectivity index (χ0v) is 14.1. The molecule has 2 rings (SSSR count). The molecule has 7 nitrogen and oxygen atoms in total. The molecule has 1 aromatic rings. The van der Waals surface area contributed by atoms with Crippen LogP contribution in [0, 0.1) is 6.92 Å². The molecule has 1 aromatic carbocycles. The molecule has 2 N–H and O–H groups in total. The number of nitrogens with one attached hydrogen (secondary N) is 1. The Bertz CT molecular complexity index is 725. The maximum atomic E-state index is 12.9. The van der Waals surface area contributed by atoms with Crippen LogP contribution in [0.3, 0.4) is 0 Å². The van der Waals surface area contributed by atoms with E-state index in [-0.39, 0.29) is 11.4 Å². The number of sulfonamides is 1. The van der Waals surface area contributed by atoms with Gasteiger partial charge in [-0.25, -0.2) is 8.42 Å². The first-order valence-electron chi connectivity index (χ1n) is 7.15. The molecule has 0 aromatic heterocycles. The average molecular weight is 340 g/mol. The van der Waals surface area contributed by atoms with E-state index in [9.17, 15) is 18.0 Å². The van der Waals surface area contributed by atoms with Gasteiger partial charge in [0.2, 0.25) is 15.9 Å². The molecule has 8 heteroatoms. The highest BCUT2D eigenvalue weighted by Crippen LogP contribution is 2.26. The first kappa shape index (κ1) is 17.4. The maximum Gasteiger partial charge on any atom is 0.305 e. The molecule has 1 saturated heterocycles. The summed E-state index contributed by atoms with van der Waals surface area (Å²) in [5.41, 5.74) is 0.131. The van der Waals surface area contributed by atoms with E-state index in [1.165, 1.54) is 12.1 Å². The van der Waals surface area contributed by atoms with Crippen molar-refractivity contribution in [3.05, 3.63) is 29.8 Å².